The lowest BCUT2D eigenvalue weighted by Gasteiger charge is -2.26. The second-order valence-electron chi connectivity index (χ2n) is 5.84. The molecule has 7 nitrogen and oxygen atoms in total. The Labute approximate surface area is 134 Å². The van der Waals surface area contributed by atoms with E-state index in [0.29, 0.717) is 0 Å². The van der Waals surface area contributed by atoms with E-state index in [0.717, 1.165) is 16.4 Å². The summed E-state index contributed by atoms with van der Waals surface area (Å²) in [6.45, 7) is 3.87. The first-order valence-electron chi connectivity index (χ1n) is 7.10. The van der Waals surface area contributed by atoms with Crippen molar-refractivity contribution < 1.29 is 22.3 Å². The number of hydrogen-bond acceptors (Lipinski definition) is 5. The van der Waals surface area contributed by atoms with Gasteiger partial charge in [-0.1, -0.05) is 0 Å². The van der Waals surface area contributed by atoms with Gasteiger partial charge in [-0.3, -0.25) is 4.79 Å². The molecule has 9 heteroatoms. The Bertz CT molecular complexity index is 694. The average molecular weight is 345 g/mol. The van der Waals surface area contributed by atoms with E-state index in [-0.39, 0.29) is 32.0 Å². The smallest absolute Gasteiger partial charge is 0.246 e. The molecule has 1 heterocycles. The molecule has 0 bridgehead atoms. The molecule has 1 saturated heterocycles. The fraction of sp³-hybridized carbons (Fsp3) is 0.500. The molecular weight excluding hydrogens is 325 g/mol. The number of nitrogens with zero attached hydrogens (tertiary/aromatic N) is 1. The Morgan fingerprint density at radius 1 is 1.35 bits per heavy atom. The van der Waals surface area contributed by atoms with Crippen LogP contribution in [0.3, 0.4) is 0 Å². The van der Waals surface area contributed by atoms with Gasteiger partial charge in [-0.25, -0.2) is 12.8 Å². The topological polar surface area (TPSA) is 102 Å². The number of benzene rings is 1. The third-order valence-electron chi connectivity index (χ3n) is 3.36. The third-order valence-corrected chi connectivity index (χ3v) is 5.28. The maximum atomic E-state index is 14.0. The van der Waals surface area contributed by atoms with Gasteiger partial charge in [0.1, 0.15) is 10.7 Å². The third kappa shape index (κ3) is 4.05. The summed E-state index contributed by atoms with van der Waals surface area (Å²) in [6.07, 6.45) is 0. The molecule has 1 aliphatic heterocycles. The number of nitrogens with one attached hydrogen (secondary N) is 1. The zero-order valence-electron chi connectivity index (χ0n) is 13.0. The molecule has 1 amide bonds. The second-order valence-corrected chi connectivity index (χ2v) is 7.74. The molecule has 0 radical (unpaired) electrons. The van der Waals surface area contributed by atoms with Gasteiger partial charge < -0.3 is 15.8 Å². The minimum atomic E-state index is -3.99. The quantitative estimate of drug-likeness (QED) is 0.828. The molecule has 0 aromatic heterocycles. The van der Waals surface area contributed by atoms with Crippen molar-refractivity contribution in [3.05, 3.63) is 24.0 Å². The molecule has 3 N–H and O–H groups in total. The summed E-state index contributed by atoms with van der Waals surface area (Å²) in [5, 5.41) is 2.49. The fourth-order valence-corrected chi connectivity index (χ4v) is 3.50. The highest BCUT2D eigenvalue weighted by Gasteiger charge is 2.30. The van der Waals surface area contributed by atoms with E-state index < -0.39 is 32.2 Å². The van der Waals surface area contributed by atoms with Crippen LogP contribution >= 0.6 is 0 Å². The summed E-state index contributed by atoms with van der Waals surface area (Å²) >= 11 is 0. The molecule has 1 fully saturated rings. The van der Waals surface area contributed by atoms with Crippen LogP contribution in [0.4, 0.5) is 10.1 Å². The number of nitrogens with two attached hydrogens (primary N) is 1. The first kappa shape index (κ1) is 17.8. The van der Waals surface area contributed by atoms with Crippen molar-refractivity contribution in [2.75, 3.05) is 31.6 Å². The molecule has 0 spiro atoms. The number of ether oxygens (including phenoxy) is 1. The van der Waals surface area contributed by atoms with E-state index in [9.17, 15) is 17.6 Å². The number of morpholine rings is 1. The minimum Gasteiger partial charge on any atom is -0.379 e. The predicted octanol–water partition coefficient (Wildman–Crippen LogP) is 0.522. The van der Waals surface area contributed by atoms with Crippen molar-refractivity contribution in [3.63, 3.8) is 0 Å². The summed E-state index contributed by atoms with van der Waals surface area (Å²) in [7, 11) is -3.99. The summed E-state index contributed by atoms with van der Waals surface area (Å²) in [5.41, 5.74) is 4.70. The van der Waals surface area contributed by atoms with Crippen molar-refractivity contribution in [2.45, 2.75) is 24.3 Å². The lowest BCUT2D eigenvalue weighted by Crippen LogP contribution is -2.45. The van der Waals surface area contributed by atoms with Gasteiger partial charge in [-0.15, -0.1) is 0 Å². The number of hydrogen-bond donors (Lipinski definition) is 2. The van der Waals surface area contributed by atoms with E-state index in [1.54, 1.807) is 0 Å². The summed E-state index contributed by atoms with van der Waals surface area (Å²) in [4.78, 5) is 11.4. The van der Waals surface area contributed by atoms with E-state index in [1.165, 1.54) is 19.9 Å². The van der Waals surface area contributed by atoms with Crippen LogP contribution in [0.5, 0.6) is 0 Å². The van der Waals surface area contributed by atoms with Crippen molar-refractivity contribution in [3.8, 4) is 0 Å². The van der Waals surface area contributed by atoms with Gasteiger partial charge in [0.25, 0.3) is 0 Å². The Balaban J connectivity index is 2.32. The molecule has 1 aromatic carbocycles. The number of sulfonamides is 1. The predicted molar refractivity (Wildman–Crippen MR) is 82.9 cm³/mol. The van der Waals surface area contributed by atoms with E-state index in [1.807, 2.05) is 0 Å². The van der Waals surface area contributed by atoms with Crippen molar-refractivity contribution in [1.82, 2.24) is 4.31 Å². The molecule has 1 aliphatic rings. The van der Waals surface area contributed by atoms with Crippen molar-refractivity contribution in [2.24, 2.45) is 5.73 Å². The highest BCUT2D eigenvalue weighted by Crippen LogP contribution is 2.24. The Hall–Kier alpha value is -1.55. The van der Waals surface area contributed by atoms with Crippen LogP contribution in [0.25, 0.3) is 0 Å². The largest absolute Gasteiger partial charge is 0.379 e. The van der Waals surface area contributed by atoms with Crippen LogP contribution in [0, 0.1) is 5.82 Å². The molecule has 2 rings (SSSR count). The van der Waals surface area contributed by atoms with E-state index in [4.69, 9.17) is 10.5 Å². The van der Waals surface area contributed by atoms with Gasteiger partial charge in [0.15, 0.2) is 0 Å². The highest BCUT2D eigenvalue weighted by molar-refractivity contribution is 7.89. The molecular formula is C14H20FN3O4S. The number of carbonyl (C=O) groups excluding carboxylic acids is 1. The first-order valence-corrected chi connectivity index (χ1v) is 8.54. The zero-order chi connectivity index (χ0) is 17.3. The molecule has 23 heavy (non-hydrogen) atoms. The SMILES string of the molecule is CC(C)(N)C(=O)Nc1ccc(F)c(S(=O)(=O)N2CCOCC2)c1. The first-order chi connectivity index (χ1) is 10.6. The van der Waals surface area contributed by atoms with Crippen LogP contribution in [-0.2, 0) is 19.6 Å². The normalized spacial score (nSPS) is 17.0. The number of carbonyl (C=O) groups is 1. The van der Waals surface area contributed by atoms with Crippen LogP contribution in [0.15, 0.2) is 23.1 Å². The molecule has 1 aromatic rings. The number of amides is 1. The molecule has 128 valence electrons. The van der Waals surface area contributed by atoms with Crippen molar-refractivity contribution in [1.29, 1.82) is 0 Å². The lowest BCUT2D eigenvalue weighted by molar-refractivity contribution is -0.120. The number of anilines is 1. The standard InChI is InChI=1S/C14H20FN3O4S/c1-14(2,16)13(19)17-10-3-4-11(15)12(9-10)23(20,21)18-5-7-22-8-6-18/h3-4,9H,5-8,16H2,1-2H3,(H,17,19). The van der Waals surface area contributed by atoms with Gasteiger partial charge in [0, 0.05) is 18.8 Å². The van der Waals surface area contributed by atoms with Gasteiger partial charge in [-0.2, -0.15) is 4.31 Å². The zero-order valence-corrected chi connectivity index (χ0v) is 13.8. The minimum absolute atomic E-state index is 0.161. The van der Waals surface area contributed by atoms with Gasteiger partial charge in [0.2, 0.25) is 15.9 Å². The van der Waals surface area contributed by atoms with Crippen LogP contribution < -0.4 is 11.1 Å². The Morgan fingerprint density at radius 2 is 1.96 bits per heavy atom. The van der Waals surface area contributed by atoms with E-state index >= 15 is 0 Å². The summed E-state index contributed by atoms with van der Waals surface area (Å²) in [6, 6.07) is 3.40. The monoisotopic (exact) mass is 345 g/mol. The van der Waals surface area contributed by atoms with Gasteiger partial charge in [-0.05, 0) is 32.0 Å². The second kappa shape index (κ2) is 6.52. The highest BCUT2D eigenvalue weighted by atomic mass is 32.2. The summed E-state index contributed by atoms with van der Waals surface area (Å²) in [5.74, 6) is -1.37. The average Bonchev–Trinajstić information content (AvgIpc) is 2.49. The fourth-order valence-electron chi connectivity index (χ4n) is 2.00. The van der Waals surface area contributed by atoms with Crippen LogP contribution in [0.2, 0.25) is 0 Å². The van der Waals surface area contributed by atoms with Crippen LogP contribution in [0.1, 0.15) is 13.8 Å². The molecule has 0 atom stereocenters. The van der Waals surface area contributed by atoms with Crippen molar-refractivity contribution >= 4 is 21.6 Å². The summed E-state index contributed by atoms with van der Waals surface area (Å²) < 4.78 is 45.4. The number of halogens is 1. The van der Waals surface area contributed by atoms with Crippen LogP contribution in [-0.4, -0.2) is 50.5 Å². The van der Waals surface area contributed by atoms with Gasteiger partial charge in [0.05, 0.1) is 18.8 Å². The Morgan fingerprint density at radius 3 is 2.52 bits per heavy atom. The maximum Gasteiger partial charge on any atom is 0.246 e. The lowest BCUT2D eigenvalue weighted by atomic mass is 10.1. The molecule has 0 aliphatic carbocycles. The number of rotatable bonds is 4. The molecule has 0 unspecified atom stereocenters. The van der Waals surface area contributed by atoms with E-state index in [2.05, 4.69) is 5.32 Å². The van der Waals surface area contributed by atoms with Gasteiger partial charge >= 0.3 is 0 Å². The molecule has 0 saturated carbocycles. The maximum absolute atomic E-state index is 14.0. The Kier molecular flexibility index (Phi) is 5.04.